The van der Waals surface area contributed by atoms with E-state index in [2.05, 4.69) is 17.2 Å². The Morgan fingerprint density at radius 2 is 2.28 bits per heavy atom. The molecule has 0 spiro atoms. The number of fused-ring (bicyclic) bond motifs is 1. The van der Waals surface area contributed by atoms with Crippen LogP contribution in [-0.4, -0.2) is 15.9 Å². The van der Waals surface area contributed by atoms with Crippen LogP contribution in [0.2, 0.25) is 0 Å². The maximum atomic E-state index is 10.9. The van der Waals surface area contributed by atoms with Gasteiger partial charge in [0.15, 0.2) is 11.1 Å². The van der Waals surface area contributed by atoms with Gasteiger partial charge < -0.3 is 9.73 Å². The highest BCUT2D eigenvalue weighted by Gasteiger charge is 2.27. The zero-order valence-corrected chi connectivity index (χ0v) is 9.92. The summed E-state index contributed by atoms with van der Waals surface area (Å²) in [4.78, 5) is 14.6. The van der Waals surface area contributed by atoms with Gasteiger partial charge in [0, 0.05) is 12.1 Å². The summed E-state index contributed by atoms with van der Waals surface area (Å²) in [5.74, 6) is 0.723. The molecule has 94 valence electrons. The molecule has 0 radical (unpaired) electrons. The molecule has 1 aromatic carbocycles. The zero-order chi connectivity index (χ0) is 12.7. The van der Waals surface area contributed by atoms with Gasteiger partial charge in [0.05, 0.1) is 4.92 Å². The summed E-state index contributed by atoms with van der Waals surface area (Å²) in [7, 11) is 0. The standard InChI is InChI=1S/C12H13N3O3/c1-7-5-8(6-7)13-12-14-11-9(15(16)17)3-2-4-10(11)18-12/h2-4,7-8H,5-6H2,1H3,(H,13,14). The molecule has 6 nitrogen and oxygen atoms in total. The molecule has 1 N–H and O–H groups in total. The summed E-state index contributed by atoms with van der Waals surface area (Å²) >= 11 is 0. The van der Waals surface area contributed by atoms with Crippen molar-refractivity contribution in [2.24, 2.45) is 5.92 Å². The molecule has 0 aliphatic heterocycles. The average molecular weight is 247 g/mol. The van der Waals surface area contributed by atoms with Gasteiger partial charge in [0.2, 0.25) is 0 Å². The molecule has 1 aliphatic carbocycles. The van der Waals surface area contributed by atoms with E-state index in [1.807, 2.05) is 0 Å². The highest BCUT2D eigenvalue weighted by atomic mass is 16.6. The van der Waals surface area contributed by atoms with Crippen molar-refractivity contribution >= 4 is 22.8 Å². The van der Waals surface area contributed by atoms with Gasteiger partial charge in [-0.1, -0.05) is 13.0 Å². The van der Waals surface area contributed by atoms with Crippen LogP contribution in [-0.2, 0) is 0 Å². The molecule has 1 aromatic heterocycles. The number of nitro groups is 1. The van der Waals surface area contributed by atoms with E-state index in [0.717, 1.165) is 18.8 Å². The van der Waals surface area contributed by atoms with Crippen LogP contribution in [0.1, 0.15) is 19.8 Å². The second-order valence-corrected chi connectivity index (χ2v) is 4.82. The Morgan fingerprint density at radius 3 is 2.94 bits per heavy atom. The van der Waals surface area contributed by atoms with Gasteiger partial charge >= 0.3 is 0 Å². The number of non-ortho nitro benzene ring substituents is 1. The van der Waals surface area contributed by atoms with Crippen molar-refractivity contribution in [2.75, 3.05) is 5.32 Å². The van der Waals surface area contributed by atoms with Gasteiger partial charge in [0.25, 0.3) is 11.7 Å². The molecule has 1 heterocycles. The molecule has 2 aromatic rings. The molecule has 0 atom stereocenters. The van der Waals surface area contributed by atoms with Crippen molar-refractivity contribution in [2.45, 2.75) is 25.8 Å². The number of hydrogen-bond acceptors (Lipinski definition) is 5. The maximum absolute atomic E-state index is 10.9. The Hall–Kier alpha value is -2.11. The monoisotopic (exact) mass is 247 g/mol. The quantitative estimate of drug-likeness (QED) is 0.666. The van der Waals surface area contributed by atoms with E-state index in [9.17, 15) is 10.1 Å². The average Bonchev–Trinajstić information content (AvgIpc) is 2.68. The molecular formula is C12H13N3O3. The van der Waals surface area contributed by atoms with E-state index in [1.165, 1.54) is 6.07 Å². The van der Waals surface area contributed by atoms with Gasteiger partial charge in [-0.15, -0.1) is 0 Å². The number of rotatable bonds is 3. The highest BCUT2D eigenvalue weighted by Crippen LogP contribution is 2.32. The first-order valence-corrected chi connectivity index (χ1v) is 5.94. The lowest BCUT2D eigenvalue weighted by atomic mass is 9.82. The van der Waals surface area contributed by atoms with Gasteiger partial charge in [-0.25, -0.2) is 0 Å². The lowest BCUT2D eigenvalue weighted by molar-refractivity contribution is -0.383. The fourth-order valence-corrected chi connectivity index (χ4v) is 2.34. The first-order valence-electron chi connectivity index (χ1n) is 5.94. The Kier molecular flexibility index (Phi) is 2.43. The molecule has 18 heavy (non-hydrogen) atoms. The Bertz CT molecular complexity index is 602. The summed E-state index contributed by atoms with van der Waals surface area (Å²) in [6, 6.07) is 5.45. The minimum absolute atomic E-state index is 0.0220. The van der Waals surface area contributed by atoms with Crippen molar-refractivity contribution in [3.8, 4) is 0 Å². The number of nitrogens with one attached hydrogen (secondary N) is 1. The topological polar surface area (TPSA) is 81.2 Å². The van der Waals surface area contributed by atoms with Crippen molar-refractivity contribution in [1.29, 1.82) is 0 Å². The number of nitro benzene ring substituents is 1. The van der Waals surface area contributed by atoms with Crippen LogP contribution in [0.5, 0.6) is 0 Å². The molecular weight excluding hydrogens is 234 g/mol. The number of hydrogen-bond donors (Lipinski definition) is 1. The first kappa shape index (κ1) is 11.0. The fraction of sp³-hybridized carbons (Fsp3) is 0.417. The molecule has 6 heteroatoms. The molecule has 1 fully saturated rings. The lowest BCUT2D eigenvalue weighted by Crippen LogP contribution is -2.33. The minimum atomic E-state index is -0.444. The van der Waals surface area contributed by atoms with Crippen LogP contribution >= 0.6 is 0 Å². The van der Waals surface area contributed by atoms with Crippen LogP contribution in [0.15, 0.2) is 22.6 Å². The van der Waals surface area contributed by atoms with Crippen LogP contribution in [0.3, 0.4) is 0 Å². The zero-order valence-electron chi connectivity index (χ0n) is 9.92. The van der Waals surface area contributed by atoms with E-state index < -0.39 is 4.92 Å². The van der Waals surface area contributed by atoms with Crippen LogP contribution in [0, 0.1) is 16.0 Å². The predicted octanol–water partition coefficient (Wildman–Crippen LogP) is 2.95. The number of para-hydroxylation sites is 1. The Balaban J connectivity index is 1.91. The Labute approximate surface area is 103 Å². The third kappa shape index (κ3) is 1.79. The van der Waals surface area contributed by atoms with Crippen LogP contribution in [0.25, 0.3) is 11.1 Å². The summed E-state index contributed by atoms with van der Waals surface area (Å²) in [5, 5.41) is 14.0. The lowest BCUT2D eigenvalue weighted by Gasteiger charge is -2.32. The van der Waals surface area contributed by atoms with E-state index in [0.29, 0.717) is 23.2 Å². The van der Waals surface area contributed by atoms with Gasteiger partial charge in [0.1, 0.15) is 0 Å². The highest BCUT2D eigenvalue weighted by molar-refractivity contribution is 5.84. The molecule has 0 amide bonds. The van der Waals surface area contributed by atoms with Gasteiger partial charge in [-0.2, -0.15) is 4.98 Å². The van der Waals surface area contributed by atoms with Crippen molar-refractivity contribution in [3.05, 3.63) is 28.3 Å². The number of anilines is 1. The molecule has 3 rings (SSSR count). The summed E-state index contributed by atoms with van der Waals surface area (Å²) in [6.45, 7) is 2.19. The second-order valence-electron chi connectivity index (χ2n) is 4.82. The molecule has 1 aliphatic rings. The van der Waals surface area contributed by atoms with E-state index >= 15 is 0 Å². The third-order valence-electron chi connectivity index (χ3n) is 3.30. The number of aromatic nitrogens is 1. The largest absolute Gasteiger partial charge is 0.423 e. The molecule has 0 unspecified atom stereocenters. The maximum Gasteiger partial charge on any atom is 0.298 e. The summed E-state index contributed by atoms with van der Waals surface area (Å²) < 4.78 is 5.47. The number of benzene rings is 1. The second kappa shape index (κ2) is 3.97. The van der Waals surface area contributed by atoms with Crippen LogP contribution in [0.4, 0.5) is 11.7 Å². The van der Waals surface area contributed by atoms with E-state index in [-0.39, 0.29) is 5.69 Å². The van der Waals surface area contributed by atoms with Gasteiger partial charge in [-0.05, 0) is 24.8 Å². The molecule has 0 bridgehead atoms. The smallest absolute Gasteiger partial charge is 0.298 e. The minimum Gasteiger partial charge on any atom is -0.423 e. The third-order valence-corrected chi connectivity index (χ3v) is 3.30. The molecule has 0 saturated heterocycles. The fourth-order valence-electron chi connectivity index (χ4n) is 2.34. The van der Waals surface area contributed by atoms with E-state index in [1.54, 1.807) is 12.1 Å². The van der Waals surface area contributed by atoms with E-state index in [4.69, 9.17) is 4.42 Å². The number of oxazole rings is 1. The Morgan fingerprint density at radius 1 is 1.50 bits per heavy atom. The summed E-state index contributed by atoms with van der Waals surface area (Å²) in [5.41, 5.74) is 0.725. The normalized spacial score (nSPS) is 22.7. The first-order chi connectivity index (χ1) is 8.63. The molecule has 1 saturated carbocycles. The van der Waals surface area contributed by atoms with Gasteiger partial charge in [-0.3, -0.25) is 10.1 Å². The van der Waals surface area contributed by atoms with Crippen molar-refractivity contribution in [3.63, 3.8) is 0 Å². The number of nitrogens with zero attached hydrogens (tertiary/aromatic N) is 2. The predicted molar refractivity (Wildman–Crippen MR) is 66.5 cm³/mol. The summed E-state index contributed by atoms with van der Waals surface area (Å²) in [6.07, 6.45) is 2.17. The van der Waals surface area contributed by atoms with Crippen molar-refractivity contribution < 1.29 is 9.34 Å². The van der Waals surface area contributed by atoms with Crippen LogP contribution < -0.4 is 5.32 Å². The van der Waals surface area contributed by atoms with Crippen molar-refractivity contribution in [1.82, 2.24) is 4.98 Å². The SMILES string of the molecule is CC1CC(Nc2nc3c([N+](=O)[O-])cccc3o2)C1.